The second kappa shape index (κ2) is 8.32. The first kappa shape index (κ1) is 18.4. The first-order valence-corrected chi connectivity index (χ1v) is 8.88. The van der Waals surface area contributed by atoms with E-state index in [1.807, 2.05) is 0 Å². The van der Waals surface area contributed by atoms with Gasteiger partial charge in [0, 0.05) is 18.3 Å². The summed E-state index contributed by atoms with van der Waals surface area (Å²) in [5, 5.41) is 26.5. The number of hydrogen-bond acceptors (Lipinski definition) is 7. The lowest BCUT2D eigenvalue weighted by atomic mass is 10.2. The van der Waals surface area contributed by atoms with Crippen molar-refractivity contribution in [1.29, 1.82) is 0 Å². The lowest BCUT2D eigenvalue weighted by molar-refractivity contribution is -0.113. The van der Waals surface area contributed by atoms with Crippen LogP contribution in [0, 0.1) is 0 Å². The monoisotopic (exact) mass is 384 g/mol. The van der Waals surface area contributed by atoms with Crippen molar-refractivity contribution in [3.63, 3.8) is 0 Å². The van der Waals surface area contributed by atoms with Crippen LogP contribution in [0.4, 0.5) is 5.69 Å². The van der Waals surface area contributed by atoms with Crippen LogP contribution in [-0.2, 0) is 4.79 Å². The molecule has 0 aliphatic rings. The molecule has 2 aromatic carbocycles. The number of amides is 2. The van der Waals surface area contributed by atoms with Crippen molar-refractivity contribution in [2.45, 2.75) is 5.16 Å². The number of aromatic nitrogens is 4. The van der Waals surface area contributed by atoms with Crippen LogP contribution in [0.1, 0.15) is 10.4 Å². The van der Waals surface area contributed by atoms with Gasteiger partial charge in [0.1, 0.15) is 5.75 Å². The molecule has 10 heteroatoms. The van der Waals surface area contributed by atoms with Gasteiger partial charge in [0.25, 0.3) is 5.91 Å². The Morgan fingerprint density at radius 3 is 2.48 bits per heavy atom. The molecule has 3 N–H and O–H groups in total. The highest BCUT2D eigenvalue weighted by atomic mass is 32.2. The third kappa shape index (κ3) is 4.61. The lowest BCUT2D eigenvalue weighted by Crippen LogP contribution is -2.18. The molecule has 1 aromatic heterocycles. The van der Waals surface area contributed by atoms with E-state index in [1.54, 1.807) is 43.4 Å². The molecule has 0 spiro atoms. The molecule has 0 bridgehead atoms. The standard InChI is InChI=1S/C17H16N6O3S/c1-18-16(26)11-2-4-12(5-3-11)19-15(25)10-27-17-20-21-22-23(17)13-6-8-14(24)9-7-13/h2-9,24H,10H2,1H3,(H,18,26)(H,19,25). The Labute approximate surface area is 158 Å². The van der Waals surface area contributed by atoms with Gasteiger partial charge < -0.3 is 15.7 Å². The van der Waals surface area contributed by atoms with Gasteiger partial charge in [-0.1, -0.05) is 11.8 Å². The highest BCUT2D eigenvalue weighted by molar-refractivity contribution is 7.99. The number of carbonyl (C=O) groups is 2. The molecule has 0 aliphatic carbocycles. The Bertz CT molecular complexity index is 940. The summed E-state index contributed by atoms with van der Waals surface area (Å²) in [4.78, 5) is 23.7. The summed E-state index contributed by atoms with van der Waals surface area (Å²) in [6, 6.07) is 13.0. The minimum atomic E-state index is -0.229. The number of hydrogen-bond donors (Lipinski definition) is 3. The van der Waals surface area contributed by atoms with E-state index in [4.69, 9.17) is 0 Å². The van der Waals surface area contributed by atoms with Gasteiger partial charge in [-0.2, -0.15) is 4.68 Å². The second-order valence-electron chi connectivity index (χ2n) is 5.38. The zero-order valence-electron chi connectivity index (χ0n) is 14.3. The summed E-state index contributed by atoms with van der Waals surface area (Å²) in [7, 11) is 1.56. The molecule has 2 amide bonds. The Hall–Kier alpha value is -3.40. The number of benzene rings is 2. The maximum absolute atomic E-state index is 12.2. The van der Waals surface area contributed by atoms with Crippen LogP contribution < -0.4 is 10.6 Å². The van der Waals surface area contributed by atoms with E-state index < -0.39 is 0 Å². The van der Waals surface area contributed by atoms with Crippen molar-refractivity contribution in [3.05, 3.63) is 54.1 Å². The van der Waals surface area contributed by atoms with Crippen molar-refractivity contribution in [1.82, 2.24) is 25.5 Å². The summed E-state index contributed by atoms with van der Waals surface area (Å²) in [5.74, 6) is -0.171. The Morgan fingerprint density at radius 2 is 1.81 bits per heavy atom. The van der Waals surface area contributed by atoms with Crippen molar-refractivity contribution >= 4 is 29.3 Å². The molecule has 3 rings (SSSR count). The van der Waals surface area contributed by atoms with Crippen LogP contribution >= 0.6 is 11.8 Å². The van der Waals surface area contributed by atoms with Crippen molar-refractivity contribution in [3.8, 4) is 11.4 Å². The number of thioether (sulfide) groups is 1. The Kier molecular flexibility index (Phi) is 5.67. The van der Waals surface area contributed by atoms with Gasteiger partial charge in [0.05, 0.1) is 11.4 Å². The van der Waals surface area contributed by atoms with E-state index in [0.717, 1.165) is 0 Å². The topological polar surface area (TPSA) is 122 Å². The van der Waals surface area contributed by atoms with Gasteiger partial charge in [-0.05, 0) is 59.0 Å². The fourth-order valence-electron chi connectivity index (χ4n) is 2.20. The predicted octanol–water partition coefficient (Wildman–Crippen LogP) is 1.46. The van der Waals surface area contributed by atoms with Crippen LogP contribution in [0.5, 0.6) is 5.75 Å². The van der Waals surface area contributed by atoms with Gasteiger partial charge in [0.2, 0.25) is 11.1 Å². The molecular formula is C17H16N6O3S. The van der Waals surface area contributed by atoms with E-state index in [2.05, 4.69) is 26.2 Å². The van der Waals surface area contributed by atoms with E-state index in [1.165, 1.54) is 28.6 Å². The molecule has 0 saturated heterocycles. The van der Waals surface area contributed by atoms with Crippen LogP contribution in [0.2, 0.25) is 0 Å². The van der Waals surface area contributed by atoms with E-state index in [-0.39, 0.29) is 23.3 Å². The molecule has 0 aliphatic heterocycles. The van der Waals surface area contributed by atoms with E-state index in [0.29, 0.717) is 22.1 Å². The largest absolute Gasteiger partial charge is 0.508 e. The van der Waals surface area contributed by atoms with Gasteiger partial charge in [-0.3, -0.25) is 9.59 Å². The normalized spacial score (nSPS) is 10.4. The predicted molar refractivity (Wildman–Crippen MR) is 100 cm³/mol. The average Bonchev–Trinajstić information content (AvgIpc) is 3.15. The molecule has 27 heavy (non-hydrogen) atoms. The zero-order chi connectivity index (χ0) is 19.2. The molecule has 9 nitrogen and oxygen atoms in total. The second-order valence-corrected chi connectivity index (χ2v) is 6.33. The number of tetrazole rings is 1. The summed E-state index contributed by atoms with van der Waals surface area (Å²) in [6.07, 6.45) is 0. The highest BCUT2D eigenvalue weighted by Gasteiger charge is 2.12. The average molecular weight is 384 g/mol. The summed E-state index contributed by atoms with van der Waals surface area (Å²) >= 11 is 1.18. The lowest BCUT2D eigenvalue weighted by Gasteiger charge is -2.07. The van der Waals surface area contributed by atoms with Gasteiger partial charge in [-0.15, -0.1) is 5.10 Å². The third-order valence-electron chi connectivity index (χ3n) is 3.53. The van der Waals surface area contributed by atoms with Gasteiger partial charge >= 0.3 is 0 Å². The number of phenolic OH excluding ortho intramolecular Hbond substituents is 1. The summed E-state index contributed by atoms with van der Waals surface area (Å²) < 4.78 is 1.48. The number of carbonyl (C=O) groups excluding carboxylic acids is 2. The Balaban J connectivity index is 1.59. The quantitative estimate of drug-likeness (QED) is 0.550. The van der Waals surface area contributed by atoms with Crippen LogP contribution in [0.15, 0.2) is 53.7 Å². The van der Waals surface area contributed by atoms with E-state index in [9.17, 15) is 14.7 Å². The van der Waals surface area contributed by atoms with Crippen LogP contribution in [-0.4, -0.2) is 49.9 Å². The van der Waals surface area contributed by atoms with Crippen molar-refractivity contribution in [2.24, 2.45) is 0 Å². The van der Waals surface area contributed by atoms with Crippen molar-refractivity contribution < 1.29 is 14.7 Å². The van der Waals surface area contributed by atoms with Crippen LogP contribution in [0.25, 0.3) is 5.69 Å². The number of nitrogens with one attached hydrogen (secondary N) is 2. The third-order valence-corrected chi connectivity index (χ3v) is 4.44. The number of rotatable bonds is 6. The molecule has 0 radical (unpaired) electrons. The summed E-state index contributed by atoms with van der Waals surface area (Å²) in [5.41, 5.74) is 1.77. The molecule has 0 atom stereocenters. The maximum Gasteiger partial charge on any atom is 0.251 e. The zero-order valence-corrected chi connectivity index (χ0v) is 15.1. The molecule has 0 saturated carbocycles. The number of aromatic hydroxyl groups is 1. The maximum atomic E-state index is 12.2. The minimum absolute atomic E-state index is 0.107. The number of anilines is 1. The smallest absolute Gasteiger partial charge is 0.251 e. The molecule has 3 aromatic rings. The fraction of sp³-hybridized carbons (Fsp3) is 0.118. The minimum Gasteiger partial charge on any atom is -0.508 e. The van der Waals surface area contributed by atoms with E-state index >= 15 is 0 Å². The van der Waals surface area contributed by atoms with Crippen LogP contribution in [0.3, 0.4) is 0 Å². The number of nitrogens with zero attached hydrogens (tertiary/aromatic N) is 4. The SMILES string of the molecule is CNC(=O)c1ccc(NC(=O)CSc2nnnn2-c2ccc(O)cc2)cc1. The fourth-order valence-corrected chi connectivity index (χ4v) is 2.89. The van der Waals surface area contributed by atoms with Gasteiger partial charge in [0.15, 0.2) is 0 Å². The molecule has 0 fully saturated rings. The highest BCUT2D eigenvalue weighted by Crippen LogP contribution is 2.20. The molecule has 0 unspecified atom stereocenters. The van der Waals surface area contributed by atoms with Gasteiger partial charge in [-0.25, -0.2) is 0 Å². The first-order chi connectivity index (χ1) is 13.1. The molecular weight excluding hydrogens is 368 g/mol. The molecule has 138 valence electrons. The first-order valence-electron chi connectivity index (χ1n) is 7.89. The Morgan fingerprint density at radius 1 is 1.11 bits per heavy atom. The number of phenols is 1. The molecule has 1 heterocycles. The van der Waals surface area contributed by atoms with Crippen molar-refractivity contribution in [2.75, 3.05) is 18.1 Å². The summed E-state index contributed by atoms with van der Waals surface area (Å²) in [6.45, 7) is 0.